The number of rotatable bonds is 6. The molecule has 0 radical (unpaired) electrons. The van der Waals surface area contributed by atoms with E-state index < -0.39 is 0 Å². The summed E-state index contributed by atoms with van der Waals surface area (Å²) < 4.78 is 16.2. The van der Waals surface area contributed by atoms with Crippen LogP contribution in [0.25, 0.3) is 11.1 Å². The van der Waals surface area contributed by atoms with E-state index in [-0.39, 0.29) is 0 Å². The number of hydrogen-bond donors (Lipinski definition) is 1. The Hall–Kier alpha value is -2.69. The van der Waals surface area contributed by atoms with Crippen LogP contribution >= 0.6 is 0 Å². The van der Waals surface area contributed by atoms with Gasteiger partial charge in [0.25, 0.3) is 0 Å². The minimum Gasteiger partial charge on any atom is -0.493 e. The number of benzene rings is 2. The van der Waals surface area contributed by atoms with Gasteiger partial charge in [-0.1, -0.05) is 29.4 Å². The molecule has 122 valence electrons. The van der Waals surface area contributed by atoms with E-state index in [0.29, 0.717) is 29.4 Å². The quantitative estimate of drug-likeness (QED) is 0.501. The molecular formula is C18H21NO4. The lowest BCUT2D eigenvalue weighted by Gasteiger charge is -2.16. The summed E-state index contributed by atoms with van der Waals surface area (Å²) in [4.78, 5) is 0. The van der Waals surface area contributed by atoms with Crippen molar-refractivity contribution in [1.29, 1.82) is 0 Å². The Morgan fingerprint density at radius 2 is 1.57 bits per heavy atom. The Labute approximate surface area is 136 Å². The van der Waals surface area contributed by atoms with Crippen LogP contribution in [0.3, 0.4) is 0 Å². The molecule has 2 aromatic carbocycles. The Morgan fingerprint density at radius 3 is 2.09 bits per heavy atom. The first kappa shape index (κ1) is 16.7. The summed E-state index contributed by atoms with van der Waals surface area (Å²) >= 11 is 0. The fourth-order valence-corrected chi connectivity index (χ4v) is 2.46. The van der Waals surface area contributed by atoms with E-state index >= 15 is 0 Å². The zero-order chi connectivity index (χ0) is 16.8. The zero-order valence-electron chi connectivity index (χ0n) is 13.8. The number of ether oxygens (including phenoxy) is 3. The van der Waals surface area contributed by atoms with Crippen molar-refractivity contribution in [1.82, 2.24) is 0 Å². The summed E-state index contributed by atoms with van der Waals surface area (Å²) in [6.07, 6.45) is 0.611. The van der Waals surface area contributed by atoms with Crippen molar-refractivity contribution in [2.24, 2.45) is 5.16 Å². The predicted octanol–water partition coefficient (Wildman–Crippen LogP) is 3.77. The van der Waals surface area contributed by atoms with Crippen molar-refractivity contribution in [3.8, 4) is 28.4 Å². The molecule has 0 unspecified atom stereocenters. The number of oxime groups is 1. The number of methoxy groups -OCH3 is 3. The molecule has 0 aliphatic rings. The highest BCUT2D eigenvalue weighted by Gasteiger charge is 2.16. The maximum atomic E-state index is 8.75. The third-order valence-electron chi connectivity index (χ3n) is 3.60. The van der Waals surface area contributed by atoms with Gasteiger partial charge < -0.3 is 19.4 Å². The molecule has 0 bridgehead atoms. The van der Waals surface area contributed by atoms with Gasteiger partial charge in [0.1, 0.15) is 0 Å². The first-order valence-electron chi connectivity index (χ1n) is 7.20. The smallest absolute Gasteiger partial charge is 0.203 e. The van der Waals surface area contributed by atoms with Gasteiger partial charge >= 0.3 is 0 Å². The molecule has 0 atom stereocenters. The van der Waals surface area contributed by atoms with Crippen molar-refractivity contribution in [2.45, 2.75) is 13.3 Å². The van der Waals surface area contributed by atoms with Crippen LogP contribution in [-0.4, -0.2) is 32.2 Å². The van der Waals surface area contributed by atoms with Crippen LogP contribution in [0.15, 0.2) is 41.6 Å². The first-order valence-corrected chi connectivity index (χ1v) is 7.20. The third kappa shape index (κ3) is 3.56. The molecule has 0 amide bonds. The molecule has 0 saturated carbocycles. The molecule has 0 aliphatic carbocycles. The lowest BCUT2D eigenvalue weighted by Crippen LogP contribution is -1.98. The zero-order valence-corrected chi connectivity index (χ0v) is 13.8. The van der Waals surface area contributed by atoms with Crippen molar-refractivity contribution in [2.75, 3.05) is 21.3 Å². The van der Waals surface area contributed by atoms with Crippen LogP contribution in [0.4, 0.5) is 0 Å². The van der Waals surface area contributed by atoms with Gasteiger partial charge in [-0.25, -0.2) is 0 Å². The lowest BCUT2D eigenvalue weighted by atomic mass is 10.0. The number of hydrogen-bond acceptors (Lipinski definition) is 5. The second-order valence-electron chi connectivity index (χ2n) is 5.09. The van der Waals surface area contributed by atoms with E-state index in [1.807, 2.05) is 36.4 Å². The van der Waals surface area contributed by atoms with Gasteiger partial charge in [0.05, 0.1) is 27.0 Å². The van der Waals surface area contributed by atoms with Crippen molar-refractivity contribution >= 4 is 5.71 Å². The molecule has 2 rings (SSSR count). The van der Waals surface area contributed by atoms with Gasteiger partial charge in [-0.3, -0.25) is 0 Å². The molecule has 0 heterocycles. The topological polar surface area (TPSA) is 60.3 Å². The van der Waals surface area contributed by atoms with Gasteiger partial charge in [0.15, 0.2) is 11.5 Å². The maximum Gasteiger partial charge on any atom is 0.203 e. The molecule has 2 aromatic rings. The summed E-state index contributed by atoms with van der Waals surface area (Å²) in [5, 5.41) is 11.9. The van der Waals surface area contributed by atoms with Gasteiger partial charge in [0.2, 0.25) is 5.75 Å². The van der Waals surface area contributed by atoms with Gasteiger partial charge in [0, 0.05) is 12.0 Å². The van der Waals surface area contributed by atoms with Crippen molar-refractivity contribution in [3.05, 3.63) is 42.0 Å². The summed E-state index contributed by atoms with van der Waals surface area (Å²) in [5.74, 6) is 1.83. The summed E-state index contributed by atoms with van der Waals surface area (Å²) in [7, 11) is 4.79. The minimum atomic E-state index is 0.569. The van der Waals surface area contributed by atoms with Gasteiger partial charge in [-0.2, -0.15) is 0 Å². The highest BCUT2D eigenvalue weighted by molar-refractivity contribution is 5.84. The second kappa shape index (κ2) is 7.54. The van der Waals surface area contributed by atoms with Crippen LogP contribution in [0.2, 0.25) is 0 Å². The average Bonchev–Trinajstić information content (AvgIpc) is 2.60. The molecule has 0 aromatic heterocycles. The van der Waals surface area contributed by atoms with E-state index in [1.165, 1.54) is 0 Å². The maximum absolute atomic E-state index is 8.75. The average molecular weight is 315 g/mol. The molecule has 0 aliphatic heterocycles. The molecule has 0 saturated heterocycles. The van der Waals surface area contributed by atoms with Crippen LogP contribution in [-0.2, 0) is 6.42 Å². The Bertz CT molecular complexity index is 693. The fraction of sp³-hybridized carbons (Fsp3) is 0.278. The Kier molecular flexibility index (Phi) is 5.46. The lowest BCUT2D eigenvalue weighted by molar-refractivity contribution is 0.317. The number of nitrogens with zero attached hydrogens (tertiary/aromatic N) is 1. The molecule has 5 heteroatoms. The summed E-state index contributed by atoms with van der Waals surface area (Å²) in [5.41, 5.74) is 3.67. The van der Waals surface area contributed by atoms with Gasteiger partial charge in [-0.05, 0) is 30.2 Å². The summed E-state index contributed by atoms with van der Waals surface area (Å²) in [6, 6.07) is 11.8. The first-order chi connectivity index (χ1) is 11.1. The molecule has 5 nitrogen and oxygen atoms in total. The standard InChI is InChI=1S/C18H21NO4/c1-12(19-20)11-13-5-7-14(8-6-13)15-9-10-16(21-2)18(23-4)17(15)22-3/h5-10,20H,11H2,1-4H3/b19-12+. The predicted molar refractivity (Wildman–Crippen MR) is 90.1 cm³/mol. The third-order valence-corrected chi connectivity index (χ3v) is 3.60. The van der Waals surface area contributed by atoms with Crippen LogP contribution in [0.5, 0.6) is 17.2 Å². The monoisotopic (exact) mass is 315 g/mol. The van der Waals surface area contributed by atoms with Crippen molar-refractivity contribution < 1.29 is 19.4 Å². The van der Waals surface area contributed by atoms with Crippen LogP contribution in [0.1, 0.15) is 12.5 Å². The van der Waals surface area contributed by atoms with E-state index in [9.17, 15) is 0 Å². The highest BCUT2D eigenvalue weighted by atomic mass is 16.5. The largest absolute Gasteiger partial charge is 0.493 e. The molecule has 0 spiro atoms. The van der Waals surface area contributed by atoms with Crippen molar-refractivity contribution in [3.63, 3.8) is 0 Å². The summed E-state index contributed by atoms with van der Waals surface area (Å²) in [6.45, 7) is 1.78. The molecule has 1 N–H and O–H groups in total. The van der Waals surface area contributed by atoms with Crippen LogP contribution < -0.4 is 14.2 Å². The Balaban J connectivity index is 2.42. The minimum absolute atomic E-state index is 0.569. The second-order valence-corrected chi connectivity index (χ2v) is 5.09. The molecule has 0 fully saturated rings. The van der Waals surface area contributed by atoms with E-state index in [1.54, 1.807) is 28.3 Å². The van der Waals surface area contributed by atoms with Crippen LogP contribution in [0, 0.1) is 0 Å². The highest BCUT2D eigenvalue weighted by Crippen LogP contribution is 2.44. The Morgan fingerprint density at radius 1 is 0.913 bits per heavy atom. The normalized spacial score (nSPS) is 11.2. The SMILES string of the molecule is COc1ccc(-c2ccc(C/C(C)=N/O)cc2)c(OC)c1OC. The van der Waals surface area contributed by atoms with E-state index in [0.717, 1.165) is 16.7 Å². The molecule has 23 heavy (non-hydrogen) atoms. The van der Waals surface area contributed by atoms with Gasteiger partial charge in [-0.15, -0.1) is 0 Å². The molecular weight excluding hydrogens is 294 g/mol. The van der Waals surface area contributed by atoms with E-state index in [2.05, 4.69) is 5.16 Å². The fourth-order valence-electron chi connectivity index (χ4n) is 2.46. The van der Waals surface area contributed by atoms with E-state index in [4.69, 9.17) is 19.4 Å².